The van der Waals surface area contributed by atoms with Gasteiger partial charge in [-0.15, -0.1) is 11.6 Å². The lowest BCUT2D eigenvalue weighted by molar-refractivity contribution is 0.290. The highest BCUT2D eigenvalue weighted by atomic mass is 35.5. The van der Waals surface area contributed by atoms with Crippen molar-refractivity contribution in [3.8, 4) is 17.6 Å². The molecular formula is C19H21ClO. The Morgan fingerprint density at radius 2 is 1.86 bits per heavy atom. The molecule has 0 atom stereocenters. The van der Waals surface area contributed by atoms with Crippen molar-refractivity contribution in [2.75, 3.05) is 12.5 Å². The number of fused-ring (bicyclic) bond motifs is 1. The highest BCUT2D eigenvalue weighted by Gasteiger charge is 2.00. The van der Waals surface area contributed by atoms with Gasteiger partial charge in [0.15, 0.2) is 0 Å². The molecule has 0 bridgehead atoms. The van der Waals surface area contributed by atoms with Crippen LogP contribution in [-0.4, -0.2) is 12.5 Å². The van der Waals surface area contributed by atoms with Gasteiger partial charge >= 0.3 is 0 Å². The third-order valence-corrected chi connectivity index (χ3v) is 3.42. The molecule has 0 heterocycles. The molecule has 0 aliphatic rings. The smallest absolute Gasteiger partial charge is 0.119 e. The van der Waals surface area contributed by atoms with Crippen LogP contribution in [0.25, 0.3) is 10.8 Å². The molecule has 0 fully saturated rings. The number of rotatable bonds is 5. The van der Waals surface area contributed by atoms with E-state index in [1.807, 2.05) is 12.1 Å². The zero-order valence-corrected chi connectivity index (χ0v) is 13.4. The normalized spacial score (nSPS) is 10.5. The van der Waals surface area contributed by atoms with E-state index in [9.17, 15) is 0 Å². The first-order chi connectivity index (χ1) is 10.2. The van der Waals surface area contributed by atoms with E-state index in [1.54, 1.807) is 0 Å². The Bertz CT molecular complexity index is 649. The van der Waals surface area contributed by atoms with Gasteiger partial charge < -0.3 is 4.74 Å². The average molecular weight is 301 g/mol. The van der Waals surface area contributed by atoms with Crippen molar-refractivity contribution in [2.24, 2.45) is 5.92 Å². The summed E-state index contributed by atoms with van der Waals surface area (Å²) in [6.07, 6.45) is 1.80. The summed E-state index contributed by atoms with van der Waals surface area (Å²) in [5.74, 6) is 8.37. The van der Waals surface area contributed by atoms with Crippen molar-refractivity contribution in [3.05, 3.63) is 42.0 Å². The molecule has 0 amide bonds. The number of benzene rings is 2. The van der Waals surface area contributed by atoms with Crippen molar-refractivity contribution in [1.82, 2.24) is 0 Å². The molecule has 2 aromatic rings. The minimum atomic E-state index is 0.581. The summed E-state index contributed by atoms with van der Waals surface area (Å²) < 4.78 is 5.79. The van der Waals surface area contributed by atoms with E-state index in [1.165, 1.54) is 10.8 Å². The van der Waals surface area contributed by atoms with Crippen molar-refractivity contribution in [1.29, 1.82) is 0 Å². The second-order valence-electron chi connectivity index (χ2n) is 5.50. The Balaban J connectivity index is 2.10. The van der Waals surface area contributed by atoms with Crippen LogP contribution in [0.5, 0.6) is 5.75 Å². The fourth-order valence-corrected chi connectivity index (χ4v) is 2.11. The molecule has 2 heteroatoms. The Hall–Kier alpha value is -1.65. The molecular weight excluding hydrogens is 280 g/mol. The van der Waals surface area contributed by atoms with Gasteiger partial charge in [-0.1, -0.05) is 37.8 Å². The van der Waals surface area contributed by atoms with E-state index in [2.05, 4.69) is 50.0 Å². The summed E-state index contributed by atoms with van der Waals surface area (Å²) in [5.41, 5.74) is 1.03. The molecule has 0 aliphatic carbocycles. The van der Waals surface area contributed by atoms with Crippen LogP contribution in [0.1, 0.15) is 32.3 Å². The summed E-state index contributed by atoms with van der Waals surface area (Å²) in [5, 5.41) is 2.36. The van der Waals surface area contributed by atoms with Crippen LogP contribution < -0.4 is 4.74 Å². The number of alkyl halides is 1. The molecule has 0 saturated heterocycles. The van der Waals surface area contributed by atoms with Gasteiger partial charge in [-0.2, -0.15) is 0 Å². The van der Waals surface area contributed by atoms with Crippen molar-refractivity contribution >= 4 is 22.4 Å². The van der Waals surface area contributed by atoms with Crippen LogP contribution in [0.15, 0.2) is 36.4 Å². The molecule has 110 valence electrons. The number of ether oxygens (including phenoxy) is 1. The highest BCUT2D eigenvalue weighted by molar-refractivity contribution is 6.18. The largest absolute Gasteiger partial charge is 0.494 e. The molecule has 2 rings (SSSR count). The highest BCUT2D eigenvalue weighted by Crippen LogP contribution is 2.22. The maximum Gasteiger partial charge on any atom is 0.119 e. The number of halogens is 1. The predicted octanol–water partition coefficient (Wildman–Crippen LogP) is 5.25. The van der Waals surface area contributed by atoms with Crippen LogP contribution in [0.2, 0.25) is 0 Å². The molecule has 21 heavy (non-hydrogen) atoms. The van der Waals surface area contributed by atoms with Crippen LogP contribution in [0, 0.1) is 17.8 Å². The molecule has 0 unspecified atom stereocenters. The van der Waals surface area contributed by atoms with Gasteiger partial charge in [-0.3, -0.25) is 0 Å². The molecule has 0 aromatic heterocycles. The summed E-state index contributed by atoms with van der Waals surface area (Å²) in [6, 6.07) is 12.4. The lowest BCUT2D eigenvalue weighted by Crippen LogP contribution is -2.01. The Labute approximate surface area is 132 Å². The Morgan fingerprint density at radius 3 is 2.62 bits per heavy atom. The van der Waals surface area contributed by atoms with E-state index in [0.29, 0.717) is 11.8 Å². The average Bonchev–Trinajstić information content (AvgIpc) is 2.47. The minimum absolute atomic E-state index is 0.581. The molecule has 0 spiro atoms. The second-order valence-corrected chi connectivity index (χ2v) is 5.87. The maximum absolute atomic E-state index is 5.79. The van der Waals surface area contributed by atoms with E-state index in [0.717, 1.165) is 30.8 Å². The molecule has 0 N–H and O–H groups in total. The third-order valence-electron chi connectivity index (χ3n) is 3.23. The Morgan fingerprint density at radius 1 is 1.10 bits per heavy atom. The lowest BCUT2D eigenvalue weighted by atomic mass is 10.1. The van der Waals surface area contributed by atoms with E-state index < -0.39 is 0 Å². The molecule has 1 nitrogen and oxygen atoms in total. The van der Waals surface area contributed by atoms with E-state index in [4.69, 9.17) is 16.3 Å². The fourth-order valence-electron chi connectivity index (χ4n) is 2.02. The zero-order chi connectivity index (χ0) is 15.1. The van der Waals surface area contributed by atoms with Gasteiger partial charge in [-0.25, -0.2) is 0 Å². The maximum atomic E-state index is 5.79. The number of hydrogen-bond donors (Lipinski definition) is 0. The summed E-state index contributed by atoms with van der Waals surface area (Å²) in [6.45, 7) is 5.18. The summed E-state index contributed by atoms with van der Waals surface area (Å²) in [7, 11) is 0. The molecule has 2 aromatic carbocycles. The van der Waals surface area contributed by atoms with Gasteiger partial charge in [0.05, 0.1) is 6.61 Å². The first-order valence-corrected chi connectivity index (χ1v) is 7.94. The van der Waals surface area contributed by atoms with Crippen LogP contribution in [0.4, 0.5) is 0 Å². The fraction of sp³-hybridized carbons (Fsp3) is 0.368. The van der Waals surface area contributed by atoms with Crippen molar-refractivity contribution in [3.63, 3.8) is 0 Å². The van der Waals surface area contributed by atoms with Gasteiger partial charge in [-0.05, 0) is 47.4 Å². The topological polar surface area (TPSA) is 9.23 Å². The zero-order valence-electron chi connectivity index (χ0n) is 12.7. The summed E-state index contributed by atoms with van der Waals surface area (Å²) in [4.78, 5) is 0. The quantitative estimate of drug-likeness (QED) is 0.541. The minimum Gasteiger partial charge on any atom is -0.494 e. The van der Waals surface area contributed by atoms with Crippen LogP contribution in [0.3, 0.4) is 0 Å². The van der Waals surface area contributed by atoms with Gasteiger partial charge in [0.1, 0.15) is 5.75 Å². The first kappa shape index (κ1) is 15.7. The number of hydrogen-bond acceptors (Lipinski definition) is 1. The molecule has 0 saturated carbocycles. The third kappa shape index (κ3) is 4.99. The predicted molar refractivity (Wildman–Crippen MR) is 91.1 cm³/mol. The van der Waals surface area contributed by atoms with E-state index >= 15 is 0 Å². The summed E-state index contributed by atoms with van der Waals surface area (Å²) >= 11 is 5.62. The first-order valence-electron chi connectivity index (χ1n) is 7.40. The van der Waals surface area contributed by atoms with Gasteiger partial charge in [0.25, 0.3) is 0 Å². The lowest BCUT2D eigenvalue weighted by Gasteiger charge is -2.09. The van der Waals surface area contributed by atoms with Gasteiger partial charge in [0.2, 0.25) is 0 Å². The Kier molecular flexibility index (Phi) is 5.96. The standard InChI is InChI=1S/C19H21ClO/c1-15(2)10-12-21-19-9-8-17-13-16(5-3-4-11-20)6-7-18(17)14-19/h6-9,13-15H,4,10-12H2,1-2H3. The van der Waals surface area contributed by atoms with Crippen LogP contribution >= 0.6 is 11.6 Å². The second kappa shape index (κ2) is 7.96. The van der Waals surface area contributed by atoms with Crippen molar-refractivity contribution in [2.45, 2.75) is 26.7 Å². The molecule has 0 aliphatic heterocycles. The van der Waals surface area contributed by atoms with Crippen LogP contribution in [-0.2, 0) is 0 Å². The van der Waals surface area contributed by atoms with Gasteiger partial charge in [0, 0.05) is 17.9 Å². The van der Waals surface area contributed by atoms with E-state index in [-0.39, 0.29) is 0 Å². The molecule has 0 radical (unpaired) electrons. The monoisotopic (exact) mass is 300 g/mol. The SMILES string of the molecule is CC(C)CCOc1ccc2cc(C#CCCCl)ccc2c1. The van der Waals surface area contributed by atoms with Crippen molar-refractivity contribution < 1.29 is 4.74 Å².